The number of amides is 2. The van der Waals surface area contributed by atoms with E-state index in [0.29, 0.717) is 17.5 Å². The van der Waals surface area contributed by atoms with Gasteiger partial charge in [0.25, 0.3) is 0 Å². The van der Waals surface area contributed by atoms with Gasteiger partial charge in [0.1, 0.15) is 6.04 Å². The highest BCUT2D eigenvalue weighted by atomic mass is 32.2. The van der Waals surface area contributed by atoms with Crippen molar-refractivity contribution in [1.29, 1.82) is 0 Å². The molecule has 22 heavy (non-hydrogen) atoms. The number of aryl methyl sites for hydroxylation is 1. The van der Waals surface area contributed by atoms with Crippen molar-refractivity contribution in [1.82, 2.24) is 4.90 Å². The van der Waals surface area contributed by atoms with Gasteiger partial charge >= 0.3 is 0 Å². The number of hydrogen-bond donors (Lipinski definition) is 1. The first-order chi connectivity index (χ1) is 10.5. The van der Waals surface area contributed by atoms with Crippen LogP contribution in [0, 0.1) is 25.7 Å². The van der Waals surface area contributed by atoms with Crippen LogP contribution in [-0.4, -0.2) is 34.4 Å². The first-order valence-corrected chi connectivity index (χ1v) is 8.90. The van der Waals surface area contributed by atoms with Crippen LogP contribution in [-0.2, 0) is 9.59 Å². The van der Waals surface area contributed by atoms with E-state index in [2.05, 4.69) is 12.2 Å². The SMILES string of the molecule is Cc1cccc(NC(=O)[C@@H]2CSCN2C(=O)[C@@H]2C[C@@H]2C)c1C. The molecule has 1 aromatic carbocycles. The van der Waals surface area contributed by atoms with Crippen molar-refractivity contribution in [2.24, 2.45) is 11.8 Å². The van der Waals surface area contributed by atoms with Gasteiger partial charge in [0.2, 0.25) is 11.8 Å². The lowest BCUT2D eigenvalue weighted by molar-refractivity contribution is -0.137. The van der Waals surface area contributed by atoms with Crippen LogP contribution in [0.4, 0.5) is 5.69 Å². The molecule has 2 fully saturated rings. The molecule has 1 saturated carbocycles. The second kappa shape index (κ2) is 5.95. The van der Waals surface area contributed by atoms with Crippen molar-refractivity contribution in [2.45, 2.75) is 33.2 Å². The zero-order valence-corrected chi connectivity index (χ0v) is 14.1. The summed E-state index contributed by atoms with van der Waals surface area (Å²) >= 11 is 1.66. The molecule has 0 bridgehead atoms. The highest BCUT2D eigenvalue weighted by molar-refractivity contribution is 7.99. The summed E-state index contributed by atoms with van der Waals surface area (Å²) in [6.07, 6.45) is 0.964. The lowest BCUT2D eigenvalue weighted by atomic mass is 10.1. The molecule has 1 aliphatic carbocycles. The maximum absolute atomic E-state index is 12.6. The molecule has 4 nitrogen and oxygen atoms in total. The molecule has 1 heterocycles. The Kier molecular flexibility index (Phi) is 4.17. The Morgan fingerprint density at radius 1 is 1.32 bits per heavy atom. The van der Waals surface area contributed by atoms with E-state index in [0.717, 1.165) is 23.2 Å². The van der Waals surface area contributed by atoms with Crippen molar-refractivity contribution < 1.29 is 9.59 Å². The zero-order valence-electron chi connectivity index (χ0n) is 13.3. The summed E-state index contributed by atoms with van der Waals surface area (Å²) in [6.45, 7) is 6.13. The van der Waals surface area contributed by atoms with Crippen LogP contribution in [0.15, 0.2) is 18.2 Å². The number of nitrogens with zero attached hydrogens (tertiary/aromatic N) is 1. The number of thioether (sulfide) groups is 1. The third-order valence-corrected chi connectivity index (χ3v) is 5.77. The molecular weight excluding hydrogens is 296 g/mol. The molecule has 1 aliphatic heterocycles. The number of anilines is 1. The lowest BCUT2D eigenvalue weighted by Crippen LogP contribution is -2.45. The summed E-state index contributed by atoms with van der Waals surface area (Å²) in [4.78, 5) is 26.8. The Hall–Kier alpha value is -1.49. The van der Waals surface area contributed by atoms with Crippen molar-refractivity contribution in [2.75, 3.05) is 16.9 Å². The van der Waals surface area contributed by atoms with Crippen LogP contribution in [0.2, 0.25) is 0 Å². The molecule has 1 N–H and O–H groups in total. The van der Waals surface area contributed by atoms with Gasteiger partial charge in [-0.15, -0.1) is 11.8 Å². The molecule has 0 unspecified atom stereocenters. The molecule has 0 aromatic heterocycles. The fraction of sp³-hybridized carbons (Fsp3) is 0.529. The number of carbonyl (C=O) groups is 2. The minimum absolute atomic E-state index is 0.0691. The molecule has 0 spiro atoms. The van der Waals surface area contributed by atoms with E-state index in [4.69, 9.17) is 0 Å². The van der Waals surface area contributed by atoms with Crippen LogP contribution in [0.3, 0.4) is 0 Å². The molecular formula is C17H22N2O2S. The molecule has 1 aromatic rings. The largest absolute Gasteiger partial charge is 0.324 e. The van der Waals surface area contributed by atoms with Gasteiger partial charge in [0.15, 0.2) is 0 Å². The predicted octanol–water partition coefficient (Wildman–Crippen LogP) is 2.80. The average Bonchev–Trinajstić information content (AvgIpc) is 3.02. The van der Waals surface area contributed by atoms with E-state index in [1.54, 1.807) is 16.7 Å². The van der Waals surface area contributed by atoms with Gasteiger partial charge in [-0.25, -0.2) is 0 Å². The Morgan fingerprint density at radius 3 is 2.73 bits per heavy atom. The number of hydrogen-bond acceptors (Lipinski definition) is 3. The summed E-state index contributed by atoms with van der Waals surface area (Å²) in [5.41, 5.74) is 3.07. The highest BCUT2D eigenvalue weighted by Crippen LogP contribution is 2.41. The predicted molar refractivity (Wildman–Crippen MR) is 89.8 cm³/mol. The Morgan fingerprint density at radius 2 is 2.05 bits per heavy atom. The molecule has 118 valence electrons. The van der Waals surface area contributed by atoms with E-state index in [-0.39, 0.29) is 23.8 Å². The molecule has 0 radical (unpaired) electrons. The third kappa shape index (κ3) is 2.86. The Labute approximate surface area is 135 Å². The fourth-order valence-electron chi connectivity index (χ4n) is 2.86. The van der Waals surface area contributed by atoms with Crippen molar-refractivity contribution in [3.05, 3.63) is 29.3 Å². The van der Waals surface area contributed by atoms with E-state index in [9.17, 15) is 9.59 Å². The maximum atomic E-state index is 12.6. The van der Waals surface area contributed by atoms with Gasteiger partial charge in [-0.05, 0) is 43.4 Å². The Balaban J connectivity index is 1.71. The fourth-order valence-corrected chi connectivity index (χ4v) is 4.02. The minimum atomic E-state index is -0.342. The topological polar surface area (TPSA) is 49.4 Å². The molecule has 1 saturated heterocycles. The monoisotopic (exact) mass is 318 g/mol. The summed E-state index contributed by atoms with van der Waals surface area (Å²) in [5.74, 6) is 2.01. The van der Waals surface area contributed by atoms with Crippen LogP contribution in [0.5, 0.6) is 0 Å². The zero-order chi connectivity index (χ0) is 15.9. The van der Waals surface area contributed by atoms with Gasteiger partial charge < -0.3 is 10.2 Å². The summed E-state index contributed by atoms with van der Waals surface area (Å²) in [5, 5.41) is 3.00. The summed E-state index contributed by atoms with van der Waals surface area (Å²) in [7, 11) is 0. The van der Waals surface area contributed by atoms with Gasteiger partial charge in [-0.1, -0.05) is 19.1 Å². The standard InChI is InChI=1S/C17H22N2O2S/c1-10-5-4-6-14(12(10)3)18-16(20)15-8-22-9-19(15)17(21)13-7-11(13)2/h4-6,11,13,15H,7-9H2,1-3H3,(H,18,20)/t11-,13+,15-/m0/s1. The van der Waals surface area contributed by atoms with E-state index in [1.807, 2.05) is 32.0 Å². The second-order valence-corrected chi connectivity index (χ2v) is 7.38. The lowest BCUT2D eigenvalue weighted by Gasteiger charge is -2.23. The normalized spacial score (nSPS) is 26.9. The third-order valence-electron chi connectivity index (χ3n) is 4.76. The van der Waals surface area contributed by atoms with Crippen LogP contribution < -0.4 is 5.32 Å². The second-order valence-electron chi connectivity index (χ2n) is 6.38. The molecule has 3 rings (SSSR count). The van der Waals surface area contributed by atoms with Gasteiger partial charge in [-0.2, -0.15) is 0 Å². The molecule has 2 amide bonds. The first kappa shape index (κ1) is 15.4. The first-order valence-electron chi connectivity index (χ1n) is 7.74. The quantitative estimate of drug-likeness (QED) is 0.932. The van der Waals surface area contributed by atoms with Crippen LogP contribution in [0.1, 0.15) is 24.5 Å². The van der Waals surface area contributed by atoms with Crippen LogP contribution >= 0.6 is 11.8 Å². The summed E-state index contributed by atoms with van der Waals surface area (Å²) in [6, 6.07) is 5.54. The van der Waals surface area contributed by atoms with E-state index >= 15 is 0 Å². The summed E-state index contributed by atoms with van der Waals surface area (Å²) < 4.78 is 0. The van der Waals surface area contributed by atoms with Gasteiger partial charge in [0.05, 0.1) is 5.88 Å². The smallest absolute Gasteiger partial charge is 0.248 e. The van der Waals surface area contributed by atoms with Crippen molar-refractivity contribution >= 4 is 29.3 Å². The van der Waals surface area contributed by atoms with Crippen LogP contribution in [0.25, 0.3) is 0 Å². The number of benzene rings is 1. The molecule has 2 aliphatic rings. The number of rotatable bonds is 3. The van der Waals surface area contributed by atoms with Gasteiger partial charge in [0, 0.05) is 17.4 Å². The van der Waals surface area contributed by atoms with Crippen molar-refractivity contribution in [3.8, 4) is 0 Å². The molecule has 5 heteroatoms. The average molecular weight is 318 g/mol. The Bertz CT molecular complexity index is 617. The number of nitrogens with one attached hydrogen (secondary N) is 1. The number of carbonyl (C=O) groups excluding carboxylic acids is 2. The molecule has 3 atom stereocenters. The minimum Gasteiger partial charge on any atom is -0.324 e. The highest BCUT2D eigenvalue weighted by Gasteiger charge is 2.45. The van der Waals surface area contributed by atoms with Crippen molar-refractivity contribution in [3.63, 3.8) is 0 Å². The maximum Gasteiger partial charge on any atom is 0.248 e. The van der Waals surface area contributed by atoms with E-state index in [1.165, 1.54) is 0 Å². The van der Waals surface area contributed by atoms with E-state index < -0.39 is 0 Å². The van der Waals surface area contributed by atoms with Gasteiger partial charge in [-0.3, -0.25) is 9.59 Å².